The molecule has 2 aromatic heterocycles. The molecule has 7 nitrogen and oxygen atoms in total. The molecule has 3 aromatic rings. The molecule has 0 N–H and O–H groups in total. The zero-order valence-corrected chi connectivity index (χ0v) is 17.0. The van der Waals surface area contributed by atoms with E-state index in [-0.39, 0.29) is 0 Å². The van der Waals surface area contributed by atoms with E-state index in [1.807, 2.05) is 42.9 Å². The molecule has 0 aliphatic carbocycles. The number of aryl methyl sites for hydroxylation is 1. The number of hydrogen-bond acceptors (Lipinski definition) is 6. The first kappa shape index (κ1) is 19.4. The monoisotopic (exact) mass is 393 g/mol. The first-order chi connectivity index (χ1) is 14.3. The van der Waals surface area contributed by atoms with Crippen LogP contribution in [0.15, 0.2) is 49.1 Å². The maximum atomic E-state index is 5.95. The van der Waals surface area contributed by atoms with E-state index in [0.717, 1.165) is 50.5 Å². The third-order valence-corrected chi connectivity index (χ3v) is 5.35. The van der Waals surface area contributed by atoms with E-state index >= 15 is 0 Å². The number of hydrogen-bond donors (Lipinski definition) is 0. The van der Waals surface area contributed by atoms with Crippen LogP contribution in [-0.2, 0) is 13.1 Å². The largest absolute Gasteiger partial charge is 0.493 e. The first-order valence-corrected chi connectivity index (χ1v) is 10.1. The molecule has 0 spiro atoms. The van der Waals surface area contributed by atoms with Crippen molar-refractivity contribution in [2.24, 2.45) is 0 Å². The lowest BCUT2D eigenvalue weighted by Crippen LogP contribution is -2.35. The molecule has 7 heteroatoms. The van der Waals surface area contributed by atoms with Crippen molar-refractivity contribution in [1.29, 1.82) is 0 Å². The van der Waals surface area contributed by atoms with E-state index in [4.69, 9.17) is 14.5 Å². The Bertz CT molecular complexity index is 942. The summed E-state index contributed by atoms with van der Waals surface area (Å²) in [5.41, 5.74) is 0.973. The van der Waals surface area contributed by atoms with E-state index < -0.39 is 0 Å². The van der Waals surface area contributed by atoms with E-state index in [0.29, 0.717) is 23.3 Å². The number of piperidine rings is 1. The van der Waals surface area contributed by atoms with Crippen molar-refractivity contribution in [2.45, 2.75) is 38.8 Å². The molecular formula is C22H27N5O2. The highest BCUT2D eigenvalue weighted by Gasteiger charge is 2.24. The van der Waals surface area contributed by atoms with E-state index in [2.05, 4.69) is 26.4 Å². The average Bonchev–Trinajstić information content (AvgIpc) is 3.21. The van der Waals surface area contributed by atoms with Crippen molar-refractivity contribution < 1.29 is 9.47 Å². The highest BCUT2D eigenvalue weighted by molar-refractivity contribution is 5.41. The number of benzene rings is 1. The molecule has 1 aliphatic heterocycles. The van der Waals surface area contributed by atoms with Crippen molar-refractivity contribution in [3.63, 3.8) is 0 Å². The molecule has 3 heterocycles. The maximum Gasteiger partial charge on any atom is 0.238 e. The summed E-state index contributed by atoms with van der Waals surface area (Å²) in [6.45, 7) is 5.98. The summed E-state index contributed by atoms with van der Waals surface area (Å²) in [6.07, 6.45) is 9.67. The third kappa shape index (κ3) is 4.56. The van der Waals surface area contributed by atoms with Gasteiger partial charge in [0.05, 0.1) is 25.5 Å². The van der Waals surface area contributed by atoms with Crippen LogP contribution in [0.4, 0.5) is 0 Å². The number of aromatic nitrogens is 4. The topological polar surface area (TPSA) is 65.3 Å². The van der Waals surface area contributed by atoms with Gasteiger partial charge in [-0.15, -0.1) is 0 Å². The highest BCUT2D eigenvalue weighted by Crippen LogP contribution is 2.31. The summed E-state index contributed by atoms with van der Waals surface area (Å²) in [6, 6.07) is 7.56. The van der Waals surface area contributed by atoms with Gasteiger partial charge in [0, 0.05) is 37.6 Å². The Balaban J connectivity index is 1.46. The van der Waals surface area contributed by atoms with Gasteiger partial charge in [0.1, 0.15) is 5.82 Å². The van der Waals surface area contributed by atoms with Gasteiger partial charge in [-0.1, -0.05) is 12.1 Å². The first-order valence-electron chi connectivity index (χ1n) is 10.1. The lowest BCUT2D eigenvalue weighted by atomic mass is 9.95. The number of likely N-dealkylation sites (tertiary alicyclic amines) is 1. The van der Waals surface area contributed by atoms with Crippen LogP contribution in [-0.4, -0.2) is 44.6 Å². The Kier molecular flexibility index (Phi) is 6.05. The minimum absolute atomic E-state index is 0.336. The van der Waals surface area contributed by atoms with E-state index in [9.17, 15) is 0 Å². The van der Waals surface area contributed by atoms with Gasteiger partial charge in [-0.2, -0.15) is 0 Å². The fourth-order valence-electron chi connectivity index (χ4n) is 3.84. The fraction of sp³-hybridized carbons (Fsp3) is 0.409. The summed E-state index contributed by atoms with van der Waals surface area (Å²) in [5.74, 6) is 3.26. The Hall–Kier alpha value is -2.93. The molecule has 0 bridgehead atoms. The fourth-order valence-corrected chi connectivity index (χ4v) is 3.84. The summed E-state index contributed by atoms with van der Waals surface area (Å²) in [4.78, 5) is 16.1. The lowest BCUT2D eigenvalue weighted by Gasteiger charge is -2.32. The summed E-state index contributed by atoms with van der Waals surface area (Å²) >= 11 is 0. The number of imidazole rings is 1. The second-order valence-corrected chi connectivity index (χ2v) is 7.24. The van der Waals surface area contributed by atoms with E-state index in [1.165, 1.54) is 0 Å². The van der Waals surface area contributed by atoms with Crippen LogP contribution in [0, 0.1) is 0 Å². The molecule has 0 unspecified atom stereocenters. The summed E-state index contributed by atoms with van der Waals surface area (Å²) in [5, 5.41) is 0. The average molecular weight is 393 g/mol. The Morgan fingerprint density at radius 2 is 2.03 bits per heavy atom. The molecule has 29 heavy (non-hydrogen) atoms. The van der Waals surface area contributed by atoms with Gasteiger partial charge in [-0.3, -0.25) is 9.88 Å². The molecule has 1 fully saturated rings. The van der Waals surface area contributed by atoms with Crippen LogP contribution < -0.4 is 9.47 Å². The van der Waals surface area contributed by atoms with Gasteiger partial charge >= 0.3 is 0 Å². The van der Waals surface area contributed by atoms with Crippen molar-refractivity contribution in [3.05, 3.63) is 60.6 Å². The van der Waals surface area contributed by atoms with Crippen molar-refractivity contribution in [1.82, 2.24) is 24.4 Å². The SMILES string of the molecule is CCn1ccnc1CN1CCC[C@@H](c2cncc(Oc3ccccc3OC)n2)C1. The molecule has 1 atom stereocenters. The number of ether oxygens (including phenoxy) is 2. The molecule has 1 aromatic carbocycles. The Morgan fingerprint density at radius 3 is 2.86 bits per heavy atom. The predicted molar refractivity (Wildman–Crippen MR) is 110 cm³/mol. The van der Waals surface area contributed by atoms with Gasteiger partial charge in [0.15, 0.2) is 11.5 Å². The summed E-state index contributed by atoms with van der Waals surface area (Å²) in [7, 11) is 1.63. The number of methoxy groups -OCH3 is 1. The normalized spacial score (nSPS) is 17.2. The lowest BCUT2D eigenvalue weighted by molar-refractivity contribution is 0.191. The predicted octanol–water partition coefficient (Wildman–Crippen LogP) is 3.87. The number of rotatable bonds is 7. The molecule has 1 saturated heterocycles. The van der Waals surface area contributed by atoms with Crippen molar-refractivity contribution >= 4 is 0 Å². The second kappa shape index (κ2) is 9.05. The Morgan fingerprint density at radius 1 is 1.17 bits per heavy atom. The second-order valence-electron chi connectivity index (χ2n) is 7.24. The quantitative estimate of drug-likeness (QED) is 0.607. The minimum Gasteiger partial charge on any atom is -0.493 e. The van der Waals surface area contributed by atoms with Gasteiger partial charge in [-0.25, -0.2) is 9.97 Å². The van der Waals surface area contributed by atoms with Gasteiger partial charge in [0.2, 0.25) is 5.88 Å². The van der Waals surface area contributed by atoms with Crippen LogP contribution in [0.1, 0.15) is 37.2 Å². The Labute approximate surface area is 171 Å². The van der Waals surface area contributed by atoms with Gasteiger partial charge in [-0.05, 0) is 38.4 Å². The van der Waals surface area contributed by atoms with Crippen LogP contribution in [0.3, 0.4) is 0 Å². The standard InChI is InChI=1S/C22H27N5O2/c1-3-27-12-10-24-21(27)16-26-11-6-7-17(15-26)18-13-23-14-22(25-18)29-20-9-5-4-8-19(20)28-2/h4-5,8-10,12-14,17H,3,6-7,11,15-16H2,1-2H3/t17-/m1/s1. The van der Waals surface area contributed by atoms with Crippen molar-refractivity contribution in [2.75, 3.05) is 20.2 Å². The zero-order valence-electron chi connectivity index (χ0n) is 17.0. The molecule has 1 aliphatic rings. The molecule has 0 radical (unpaired) electrons. The van der Waals surface area contributed by atoms with Crippen LogP contribution in [0.25, 0.3) is 0 Å². The van der Waals surface area contributed by atoms with Crippen LogP contribution in [0.5, 0.6) is 17.4 Å². The molecule has 0 amide bonds. The van der Waals surface area contributed by atoms with Crippen LogP contribution in [0.2, 0.25) is 0 Å². The van der Waals surface area contributed by atoms with Crippen LogP contribution >= 0.6 is 0 Å². The van der Waals surface area contributed by atoms with Gasteiger partial charge < -0.3 is 14.0 Å². The van der Waals surface area contributed by atoms with E-state index in [1.54, 1.807) is 13.3 Å². The maximum absolute atomic E-state index is 5.95. The van der Waals surface area contributed by atoms with Gasteiger partial charge in [0.25, 0.3) is 0 Å². The smallest absolute Gasteiger partial charge is 0.238 e. The number of nitrogens with zero attached hydrogens (tertiary/aromatic N) is 5. The molecule has 0 saturated carbocycles. The summed E-state index contributed by atoms with van der Waals surface area (Å²) < 4.78 is 13.5. The molecular weight excluding hydrogens is 366 g/mol. The molecule has 4 rings (SSSR count). The number of para-hydroxylation sites is 2. The third-order valence-electron chi connectivity index (χ3n) is 5.35. The highest BCUT2D eigenvalue weighted by atomic mass is 16.5. The molecule has 152 valence electrons. The van der Waals surface area contributed by atoms with Crippen molar-refractivity contribution in [3.8, 4) is 17.4 Å². The minimum atomic E-state index is 0.336. The zero-order chi connectivity index (χ0) is 20.1.